The molecule has 1 rings (SSSR count). The summed E-state index contributed by atoms with van der Waals surface area (Å²) in [5, 5.41) is 9.29. The number of aliphatic hydroxyl groups is 1. The second-order valence-electron chi connectivity index (χ2n) is 2.60. The second-order valence-corrected chi connectivity index (χ2v) is 2.60. The summed E-state index contributed by atoms with van der Waals surface area (Å²) in [7, 11) is 0. The monoisotopic (exact) mass is 160 g/mol. The summed E-state index contributed by atoms with van der Waals surface area (Å²) >= 11 is 0. The third-order valence-electron chi connectivity index (χ3n) is 1.80. The summed E-state index contributed by atoms with van der Waals surface area (Å²) in [5.41, 5.74) is 2.27. The molecular weight excluding hydrogens is 148 g/mol. The molecule has 12 heavy (non-hydrogen) atoms. The highest BCUT2D eigenvalue weighted by molar-refractivity contribution is 5.68. The van der Waals surface area contributed by atoms with Crippen molar-refractivity contribution in [3.63, 3.8) is 0 Å². The Bertz CT molecular complexity index is 314. The molecule has 0 saturated heterocycles. The number of hydrogen-bond acceptors (Lipinski definition) is 1. The highest BCUT2D eigenvalue weighted by Crippen LogP contribution is 2.36. The fourth-order valence-corrected chi connectivity index (χ4v) is 0.991. The van der Waals surface area contributed by atoms with Gasteiger partial charge in [-0.15, -0.1) is 0 Å². The molecule has 0 spiro atoms. The topological polar surface area (TPSA) is 20.2 Å². The molecule has 0 aromatic carbocycles. The van der Waals surface area contributed by atoms with Gasteiger partial charge in [-0.3, -0.25) is 0 Å². The summed E-state index contributed by atoms with van der Waals surface area (Å²) < 4.78 is 0. The summed E-state index contributed by atoms with van der Waals surface area (Å²) in [6.45, 7) is 9.34. The minimum atomic E-state index is 0.265. The maximum atomic E-state index is 9.29. The minimum absolute atomic E-state index is 0.265. The van der Waals surface area contributed by atoms with Gasteiger partial charge >= 0.3 is 0 Å². The van der Waals surface area contributed by atoms with Crippen LogP contribution in [0.2, 0.25) is 0 Å². The lowest BCUT2D eigenvalue weighted by Gasteiger charge is -2.21. The molecule has 0 fully saturated rings. The molecule has 0 heterocycles. The molecule has 1 N–H and O–H groups in total. The van der Waals surface area contributed by atoms with Crippen LogP contribution in [0.4, 0.5) is 0 Å². The quantitative estimate of drug-likeness (QED) is 0.615. The van der Waals surface area contributed by atoms with Crippen LogP contribution in [0.3, 0.4) is 0 Å². The van der Waals surface area contributed by atoms with Gasteiger partial charge < -0.3 is 5.11 Å². The van der Waals surface area contributed by atoms with Crippen molar-refractivity contribution in [2.75, 3.05) is 0 Å². The zero-order chi connectivity index (χ0) is 9.14. The molecular formula is C11H12O. The lowest BCUT2D eigenvalue weighted by Crippen LogP contribution is -2.08. The van der Waals surface area contributed by atoms with Crippen molar-refractivity contribution in [1.82, 2.24) is 0 Å². The molecule has 0 radical (unpaired) electrons. The molecule has 1 heteroatoms. The van der Waals surface area contributed by atoms with E-state index in [2.05, 4.69) is 13.2 Å². The summed E-state index contributed by atoms with van der Waals surface area (Å²) in [5.74, 6) is 0.265. The standard InChI is InChI=1S/C11H12O/c1-4-5-6-7-10-8(2)9(3)11(10)12/h4-7,12H,2-3H2,1H3. The Morgan fingerprint density at radius 2 is 1.83 bits per heavy atom. The molecule has 0 atom stereocenters. The highest BCUT2D eigenvalue weighted by Gasteiger charge is 2.22. The lowest BCUT2D eigenvalue weighted by atomic mass is 9.86. The Morgan fingerprint density at radius 1 is 1.17 bits per heavy atom. The normalized spacial score (nSPS) is 18.1. The molecule has 0 aromatic heterocycles. The summed E-state index contributed by atoms with van der Waals surface area (Å²) in [6, 6.07) is 0. The van der Waals surface area contributed by atoms with Gasteiger partial charge in [0.2, 0.25) is 0 Å². The smallest absolute Gasteiger partial charge is 0.130 e. The third kappa shape index (κ3) is 1.26. The van der Waals surface area contributed by atoms with Gasteiger partial charge in [0.05, 0.1) is 0 Å². The van der Waals surface area contributed by atoms with Crippen LogP contribution in [0.1, 0.15) is 6.92 Å². The van der Waals surface area contributed by atoms with E-state index < -0.39 is 0 Å². The largest absolute Gasteiger partial charge is 0.507 e. The maximum Gasteiger partial charge on any atom is 0.130 e. The van der Waals surface area contributed by atoms with Crippen LogP contribution in [-0.2, 0) is 0 Å². The molecule has 0 aliphatic heterocycles. The number of rotatable bonds is 2. The minimum Gasteiger partial charge on any atom is -0.507 e. The van der Waals surface area contributed by atoms with Crippen LogP contribution >= 0.6 is 0 Å². The molecule has 0 amide bonds. The van der Waals surface area contributed by atoms with E-state index in [1.165, 1.54) is 0 Å². The maximum absolute atomic E-state index is 9.29. The third-order valence-corrected chi connectivity index (χ3v) is 1.80. The Balaban J connectivity index is 2.79. The first-order valence-corrected chi connectivity index (χ1v) is 3.80. The van der Waals surface area contributed by atoms with Crippen molar-refractivity contribution < 1.29 is 5.11 Å². The van der Waals surface area contributed by atoms with Gasteiger partial charge in [-0.2, -0.15) is 0 Å². The van der Waals surface area contributed by atoms with E-state index in [1.54, 1.807) is 0 Å². The van der Waals surface area contributed by atoms with Gasteiger partial charge in [-0.25, -0.2) is 0 Å². The number of aliphatic hydroxyl groups excluding tert-OH is 1. The first-order chi connectivity index (χ1) is 5.68. The van der Waals surface area contributed by atoms with Gasteiger partial charge in [0.15, 0.2) is 0 Å². The van der Waals surface area contributed by atoms with Crippen LogP contribution in [-0.4, -0.2) is 5.11 Å². The van der Waals surface area contributed by atoms with Crippen LogP contribution < -0.4 is 0 Å². The van der Waals surface area contributed by atoms with E-state index in [0.29, 0.717) is 5.57 Å². The highest BCUT2D eigenvalue weighted by atomic mass is 16.3. The second kappa shape index (κ2) is 3.26. The summed E-state index contributed by atoms with van der Waals surface area (Å²) in [6.07, 6.45) is 7.51. The van der Waals surface area contributed by atoms with Gasteiger partial charge in [-0.1, -0.05) is 37.5 Å². The van der Waals surface area contributed by atoms with E-state index >= 15 is 0 Å². The van der Waals surface area contributed by atoms with E-state index in [0.717, 1.165) is 11.1 Å². The average Bonchev–Trinajstić information content (AvgIpc) is 2.11. The molecule has 0 unspecified atom stereocenters. The van der Waals surface area contributed by atoms with Crippen LogP contribution in [0.5, 0.6) is 0 Å². The van der Waals surface area contributed by atoms with Crippen LogP contribution in [0, 0.1) is 0 Å². The Hall–Kier alpha value is -1.50. The molecule has 0 saturated carbocycles. The molecule has 1 aliphatic rings. The van der Waals surface area contributed by atoms with E-state index in [9.17, 15) is 5.11 Å². The van der Waals surface area contributed by atoms with E-state index in [-0.39, 0.29) is 5.76 Å². The van der Waals surface area contributed by atoms with Crippen molar-refractivity contribution in [2.24, 2.45) is 0 Å². The van der Waals surface area contributed by atoms with Crippen LogP contribution in [0.25, 0.3) is 0 Å². The molecule has 1 aliphatic carbocycles. The SMILES string of the molecule is C=C1C(=C)C(C=CC=CC)=C1O. The van der Waals surface area contributed by atoms with Crippen molar-refractivity contribution in [2.45, 2.75) is 6.92 Å². The summed E-state index contributed by atoms with van der Waals surface area (Å²) in [4.78, 5) is 0. The predicted molar refractivity (Wildman–Crippen MR) is 51.9 cm³/mol. The van der Waals surface area contributed by atoms with Crippen molar-refractivity contribution >= 4 is 0 Å². The fraction of sp³-hybridized carbons (Fsp3) is 0.0909. The fourth-order valence-electron chi connectivity index (χ4n) is 0.991. The zero-order valence-corrected chi connectivity index (χ0v) is 7.17. The number of allylic oxidation sites excluding steroid dienone is 6. The van der Waals surface area contributed by atoms with Gasteiger partial charge in [0, 0.05) is 11.1 Å². The molecule has 0 aromatic rings. The van der Waals surface area contributed by atoms with Gasteiger partial charge in [0.1, 0.15) is 5.76 Å². The predicted octanol–water partition coefficient (Wildman–Crippen LogP) is 3.06. The van der Waals surface area contributed by atoms with Gasteiger partial charge in [-0.05, 0) is 12.5 Å². The number of hydrogen-bond donors (Lipinski definition) is 1. The Labute approximate surface area is 72.7 Å². The average molecular weight is 160 g/mol. The van der Waals surface area contributed by atoms with Crippen molar-refractivity contribution in [1.29, 1.82) is 0 Å². The van der Waals surface area contributed by atoms with E-state index in [4.69, 9.17) is 0 Å². The molecule has 62 valence electrons. The Kier molecular flexibility index (Phi) is 2.34. The first-order valence-electron chi connectivity index (χ1n) is 3.80. The van der Waals surface area contributed by atoms with Crippen molar-refractivity contribution in [3.8, 4) is 0 Å². The Morgan fingerprint density at radius 3 is 2.33 bits per heavy atom. The molecule has 1 nitrogen and oxygen atoms in total. The van der Waals surface area contributed by atoms with Crippen LogP contribution in [0.15, 0.2) is 59.9 Å². The van der Waals surface area contributed by atoms with Gasteiger partial charge in [0.25, 0.3) is 0 Å². The van der Waals surface area contributed by atoms with E-state index in [1.807, 2.05) is 31.2 Å². The lowest BCUT2D eigenvalue weighted by molar-refractivity contribution is 0.411. The van der Waals surface area contributed by atoms with Crippen molar-refractivity contribution in [3.05, 3.63) is 59.9 Å². The zero-order valence-electron chi connectivity index (χ0n) is 7.17. The molecule has 0 bridgehead atoms. The first kappa shape index (κ1) is 8.60.